The molecule has 5 heteroatoms. The number of thioether (sulfide) groups is 1. The molecule has 0 saturated carbocycles. The second-order valence-corrected chi connectivity index (χ2v) is 5.62. The van der Waals surface area contributed by atoms with E-state index in [4.69, 9.17) is 10.5 Å². The highest BCUT2D eigenvalue weighted by atomic mass is 32.2. The minimum absolute atomic E-state index is 0.119. The van der Waals surface area contributed by atoms with Gasteiger partial charge in [0.05, 0.1) is 11.9 Å². The largest absolute Gasteiger partial charge is 0.377 e. The molecular formula is C12H24N2O2S. The third kappa shape index (κ3) is 5.27. The summed E-state index contributed by atoms with van der Waals surface area (Å²) in [6.45, 7) is 3.36. The van der Waals surface area contributed by atoms with Gasteiger partial charge in [-0.05, 0) is 26.2 Å². The SMILES string of the molecule is CC(CN)N(C)C(=O)CSCC1CCCCO1. The van der Waals surface area contributed by atoms with Gasteiger partial charge < -0.3 is 15.4 Å². The maximum absolute atomic E-state index is 11.8. The van der Waals surface area contributed by atoms with Crippen molar-refractivity contribution in [2.45, 2.75) is 38.3 Å². The molecule has 1 aliphatic rings. The average Bonchev–Trinajstić information content (AvgIpc) is 2.38. The molecule has 100 valence electrons. The van der Waals surface area contributed by atoms with Crippen LogP contribution >= 0.6 is 11.8 Å². The van der Waals surface area contributed by atoms with Gasteiger partial charge in [-0.25, -0.2) is 0 Å². The van der Waals surface area contributed by atoms with Crippen molar-refractivity contribution < 1.29 is 9.53 Å². The Hall–Kier alpha value is -0.260. The lowest BCUT2D eigenvalue weighted by molar-refractivity contribution is -0.128. The highest BCUT2D eigenvalue weighted by molar-refractivity contribution is 7.99. The molecule has 0 aromatic carbocycles. The number of nitrogens with two attached hydrogens (primary N) is 1. The highest BCUT2D eigenvalue weighted by Crippen LogP contribution is 2.17. The summed E-state index contributed by atoms with van der Waals surface area (Å²) < 4.78 is 5.62. The zero-order valence-electron chi connectivity index (χ0n) is 10.9. The standard InChI is InChI=1S/C12H24N2O2S/c1-10(7-13)14(2)12(15)9-17-8-11-5-3-4-6-16-11/h10-11H,3-9,13H2,1-2H3. The molecule has 0 aliphatic carbocycles. The Morgan fingerprint density at radius 3 is 2.94 bits per heavy atom. The smallest absolute Gasteiger partial charge is 0.232 e. The monoisotopic (exact) mass is 260 g/mol. The first-order valence-corrected chi connectivity index (χ1v) is 7.45. The third-order valence-electron chi connectivity index (χ3n) is 3.20. The van der Waals surface area contributed by atoms with E-state index in [2.05, 4.69) is 0 Å². The molecule has 1 heterocycles. The first-order chi connectivity index (χ1) is 8.15. The highest BCUT2D eigenvalue weighted by Gasteiger charge is 2.17. The van der Waals surface area contributed by atoms with Gasteiger partial charge in [-0.15, -0.1) is 11.8 Å². The van der Waals surface area contributed by atoms with Gasteiger partial charge in [-0.3, -0.25) is 4.79 Å². The second kappa shape index (κ2) is 7.95. The Bertz CT molecular complexity index is 233. The van der Waals surface area contributed by atoms with E-state index in [9.17, 15) is 4.79 Å². The van der Waals surface area contributed by atoms with E-state index < -0.39 is 0 Å². The number of hydrogen-bond acceptors (Lipinski definition) is 4. The maximum atomic E-state index is 11.8. The summed E-state index contributed by atoms with van der Waals surface area (Å²) in [7, 11) is 1.82. The number of likely N-dealkylation sites (N-methyl/N-ethyl adjacent to an activating group) is 1. The predicted octanol–water partition coefficient (Wildman–Crippen LogP) is 1.09. The molecule has 0 spiro atoms. The predicted molar refractivity (Wildman–Crippen MR) is 72.2 cm³/mol. The summed E-state index contributed by atoms with van der Waals surface area (Å²) in [6, 6.07) is 0.119. The van der Waals surface area contributed by atoms with Crippen molar-refractivity contribution in [2.24, 2.45) is 5.73 Å². The van der Waals surface area contributed by atoms with Crippen LogP contribution in [-0.2, 0) is 9.53 Å². The molecule has 1 amide bonds. The summed E-state index contributed by atoms with van der Waals surface area (Å²) in [4.78, 5) is 13.5. The summed E-state index contributed by atoms with van der Waals surface area (Å²) in [5.74, 6) is 1.61. The lowest BCUT2D eigenvalue weighted by Gasteiger charge is -2.25. The average molecular weight is 260 g/mol. The number of carbonyl (C=O) groups excluding carboxylic acids is 1. The van der Waals surface area contributed by atoms with Crippen molar-refractivity contribution in [3.63, 3.8) is 0 Å². The van der Waals surface area contributed by atoms with E-state index in [0.29, 0.717) is 18.4 Å². The van der Waals surface area contributed by atoms with Crippen LogP contribution in [0.15, 0.2) is 0 Å². The van der Waals surface area contributed by atoms with Gasteiger partial charge in [-0.2, -0.15) is 0 Å². The number of ether oxygens (including phenoxy) is 1. The van der Waals surface area contributed by atoms with Gasteiger partial charge in [0.25, 0.3) is 0 Å². The molecule has 1 rings (SSSR count). The Kier molecular flexibility index (Phi) is 6.92. The van der Waals surface area contributed by atoms with Crippen molar-refractivity contribution in [1.29, 1.82) is 0 Å². The molecule has 2 atom stereocenters. The Balaban J connectivity index is 2.14. The number of rotatable bonds is 6. The van der Waals surface area contributed by atoms with E-state index in [1.165, 1.54) is 12.8 Å². The van der Waals surface area contributed by atoms with Crippen LogP contribution in [0, 0.1) is 0 Å². The van der Waals surface area contributed by atoms with E-state index in [1.807, 2.05) is 14.0 Å². The molecule has 0 aromatic rings. The first kappa shape index (κ1) is 14.8. The zero-order chi connectivity index (χ0) is 12.7. The van der Waals surface area contributed by atoms with E-state index in [0.717, 1.165) is 18.8 Å². The minimum atomic E-state index is 0.119. The number of amides is 1. The van der Waals surface area contributed by atoms with Gasteiger partial charge >= 0.3 is 0 Å². The molecular weight excluding hydrogens is 236 g/mol. The Morgan fingerprint density at radius 2 is 2.35 bits per heavy atom. The number of carbonyl (C=O) groups is 1. The van der Waals surface area contributed by atoms with E-state index >= 15 is 0 Å². The van der Waals surface area contributed by atoms with Gasteiger partial charge in [-0.1, -0.05) is 0 Å². The first-order valence-electron chi connectivity index (χ1n) is 6.30. The van der Waals surface area contributed by atoms with Gasteiger partial charge in [0, 0.05) is 32.0 Å². The fourth-order valence-electron chi connectivity index (χ4n) is 1.72. The fourth-order valence-corrected chi connectivity index (χ4v) is 2.74. The van der Waals surface area contributed by atoms with Crippen LogP contribution in [0.3, 0.4) is 0 Å². The second-order valence-electron chi connectivity index (χ2n) is 4.59. The van der Waals surface area contributed by atoms with Gasteiger partial charge in [0.1, 0.15) is 0 Å². The summed E-state index contributed by atoms with van der Waals surface area (Å²) >= 11 is 1.67. The lowest BCUT2D eigenvalue weighted by Crippen LogP contribution is -2.40. The lowest BCUT2D eigenvalue weighted by atomic mass is 10.1. The molecule has 0 bridgehead atoms. The Morgan fingerprint density at radius 1 is 1.59 bits per heavy atom. The van der Waals surface area contributed by atoms with Gasteiger partial charge in [0.15, 0.2) is 0 Å². The van der Waals surface area contributed by atoms with E-state index in [1.54, 1.807) is 16.7 Å². The fraction of sp³-hybridized carbons (Fsp3) is 0.917. The molecule has 1 saturated heterocycles. The normalized spacial score (nSPS) is 22.2. The molecule has 4 nitrogen and oxygen atoms in total. The molecule has 17 heavy (non-hydrogen) atoms. The summed E-state index contributed by atoms with van der Waals surface area (Å²) in [5, 5.41) is 0. The Labute approximate surface area is 108 Å². The minimum Gasteiger partial charge on any atom is -0.377 e. The van der Waals surface area contributed by atoms with Crippen molar-refractivity contribution in [3.8, 4) is 0 Å². The summed E-state index contributed by atoms with van der Waals surface area (Å²) in [5.41, 5.74) is 5.54. The van der Waals surface area contributed by atoms with E-state index in [-0.39, 0.29) is 11.9 Å². The molecule has 1 fully saturated rings. The molecule has 0 aromatic heterocycles. The molecule has 2 N–H and O–H groups in total. The van der Waals surface area contributed by atoms with Crippen LogP contribution in [0.1, 0.15) is 26.2 Å². The quantitative estimate of drug-likeness (QED) is 0.777. The van der Waals surface area contributed by atoms with Crippen molar-refractivity contribution in [3.05, 3.63) is 0 Å². The number of hydrogen-bond donors (Lipinski definition) is 1. The van der Waals surface area contributed by atoms with Crippen LogP contribution in [0.2, 0.25) is 0 Å². The third-order valence-corrected chi connectivity index (χ3v) is 4.26. The summed E-state index contributed by atoms with van der Waals surface area (Å²) in [6.07, 6.45) is 3.91. The van der Waals surface area contributed by atoms with Crippen molar-refractivity contribution in [2.75, 3.05) is 31.7 Å². The van der Waals surface area contributed by atoms with Crippen LogP contribution < -0.4 is 5.73 Å². The van der Waals surface area contributed by atoms with Crippen LogP contribution in [-0.4, -0.2) is 54.7 Å². The van der Waals surface area contributed by atoms with Gasteiger partial charge in [0.2, 0.25) is 5.91 Å². The molecule has 2 unspecified atom stereocenters. The van der Waals surface area contributed by atoms with Crippen molar-refractivity contribution >= 4 is 17.7 Å². The zero-order valence-corrected chi connectivity index (χ0v) is 11.7. The topological polar surface area (TPSA) is 55.6 Å². The van der Waals surface area contributed by atoms with Crippen molar-refractivity contribution in [1.82, 2.24) is 4.90 Å². The molecule has 0 radical (unpaired) electrons. The van der Waals surface area contributed by atoms with Crippen LogP contribution in [0.5, 0.6) is 0 Å². The van der Waals surface area contributed by atoms with Crippen LogP contribution in [0.4, 0.5) is 0 Å². The maximum Gasteiger partial charge on any atom is 0.232 e. The van der Waals surface area contributed by atoms with Crippen LogP contribution in [0.25, 0.3) is 0 Å². The number of nitrogens with zero attached hydrogens (tertiary/aromatic N) is 1. The molecule has 1 aliphatic heterocycles.